The Morgan fingerprint density at radius 2 is 1.80 bits per heavy atom. The highest BCUT2D eigenvalue weighted by molar-refractivity contribution is 7.89. The topological polar surface area (TPSA) is 96.0 Å². The normalized spacial score (nSPS) is 18.4. The highest BCUT2D eigenvalue weighted by Gasteiger charge is 2.29. The van der Waals surface area contributed by atoms with Crippen LogP contribution in [0.15, 0.2) is 29.2 Å². The van der Waals surface area contributed by atoms with Crippen molar-refractivity contribution in [2.75, 3.05) is 6.54 Å². The van der Waals surface area contributed by atoms with E-state index in [1.165, 1.54) is 30.7 Å². The zero-order valence-corrected chi connectivity index (χ0v) is 12.1. The number of nitriles is 1. The predicted molar refractivity (Wildman–Crippen MR) is 76.3 cm³/mol. The average Bonchev–Trinajstić information content (AvgIpc) is 2.46. The zero-order chi connectivity index (χ0) is 14.6. The summed E-state index contributed by atoms with van der Waals surface area (Å²) in [4.78, 5) is 0.163. The Kier molecular flexibility index (Phi) is 4.43. The number of hydrogen-bond acceptors (Lipinski definition) is 4. The Morgan fingerprint density at radius 3 is 2.35 bits per heavy atom. The van der Waals surface area contributed by atoms with Gasteiger partial charge in [0.1, 0.15) is 0 Å². The van der Waals surface area contributed by atoms with Gasteiger partial charge in [-0.25, -0.2) is 13.1 Å². The molecule has 0 spiro atoms. The van der Waals surface area contributed by atoms with E-state index < -0.39 is 15.6 Å². The summed E-state index contributed by atoms with van der Waals surface area (Å²) in [6.07, 6.45) is 4.97. The van der Waals surface area contributed by atoms with Gasteiger partial charge in [0.15, 0.2) is 0 Å². The third kappa shape index (κ3) is 3.57. The van der Waals surface area contributed by atoms with E-state index >= 15 is 0 Å². The van der Waals surface area contributed by atoms with Crippen molar-refractivity contribution in [1.82, 2.24) is 4.72 Å². The molecule has 0 saturated heterocycles. The van der Waals surface area contributed by atoms with E-state index in [2.05, 4.69) is 4.72 Å². The molecule has 108 valence electrons. The van der Waals surface area contributed by atoms with Crippen LogP contribution in [0.25, 0.3) is 0 Å². The summed E-state index contributed by atoms with van der Waals surface area (Å²) in [5.74, 6) is 0. The van der Waals surface area contributed by atoms with Crippen molar-refractivity contribution in [3.8, 4) is 6.07 Å². The van der Waals surface area contributed by atoms with E-state index in [1.54, 1.807) is 0 Å². The minimum absolute atomic E-state index is 0.163. The molecular weight excluding hydrogens is 274 g/mol. The number of sulfonamides is 1. The first-order chi connectivity index (χ1) is 9.45. The zero-order valence-electron chi connectivity index (χ0n) is 11.3. The molecule has 2 rings (SSSR count). The summed E-state index contributed by atoms with van der Waals surface area (Å²) in [6.45, 7) is 0.259. The first-order valence-electron chi connectivity index (χ1n) is 6.74. The monoisotopic (exact) mass is 293 g/mol. The van der Waals surface area contributed by atoms with Crippen LogP contribution in [0.2, 0.25) is 0 Å². The smallest absolute Gasteiger partial charge is 0.240 e. The average molecular weight is 293 g/mol. The Labute approximate surface area is 119 Å². The molecule has 5 nitrogen and oxygen atoms in total. The molecule has 1 aliphatic carbocycles. The van der Waals surface area contributed by atoms with Crippen LogP contribution in [0.5, 0.6) is 0 Å². The maximum atomic E-state index is 12.2. The third-order valence-corrected chi connectivity index (χ3v) is 5.17. The van der Waals surface area contributed by atoms with Crippen molar-refractivity contribution in [2.45, 2.75) is 42.5 Å². The van der Waals surface area contributed by atoms with Crippen LogP contribution in [-0.4, -0.2) is 20.5 Å². The van der Waals surface area contributed by atoms with E-state index in [9.17, 15) is 8.42 Å². The first-order valence-corrected chi connectivity index (χ1v) is 8.22. The van der Waals surface area contributed by atoms with Crippen molar-refractivity contribution >= 4 is 10.0 Å². The van der Waals surface area contributed by atoms with Gasteiger partial charge in [-0.1, -0.05) is 19.3 Å². The maximum absolute atomic E-state index is 12.2. The summed E-state index contributed by atoms with van der Waals surface area (Å²) in [6, 6.07) is 7.82. The lowest BCUT2D eigenvalue weighted by Gasteiger charge is -2.33. The van der Waals surface area contributed by atoms with Crippen molar-refractivity contribution in [3.05, 3.63) is 29.8 Å². The number of nitrogens with one attached hydrogen (secondary N) is 1. The minimum Gasteiger partial charge on any atom is -0.324 e. The molecule has 1 aromatic rings. The van der Waals surface area contributed by atoms with E-state index in [0.717, 1.165) is 25.7 Å². The summed E-state index contributed by atoms with van der Waals surface area (Å²) >= 11 is 0. The van der Waals surface area contributed by atoms with Gasteiger partial charge in [0, 0.05) is 12.1 Å². The Hall–Kier alpha value is -1.42. The van der Waals surface area contributed by atoms with Gasteiger partial charge in [0.25, 0.3) is 0 Å². The molecule has 0 aliphatic heterocycles. The van der Waals surface area contributed by atoms with Gasteiger partial charge in [0.2, 0.25) is 10.0 Å². The van der Waals surface area contributed by atoms with Gasteiger partial charge in [-0.3, -0.25) is 0 Å². The number of nitrogens with zero attached hydrogens (tertiary/aromatic N) is 1. The van der Waals surface area contributed by atoms with Crippen LogP contribution >= 0.6 is 0 Å². The molecule has 0 amide bonds. The summed E-state index contributed by atoms with van der Waals surface area (Å²) in [5.41, 5.74) is 6.22. The standard InChI is InChI=1S/C14H19N3O2S/c15-10-12-4-6-13(7-5-12)20(18,19)17-11-14(16)8-2-1-3-9-14/h4-7,17H,1-3,8-9,11,16H2. The SMILES string of the molecule is N#Cc1ccc(S(=O)(=O)NCC2(N)CCCCC2)cc1. The Morgan fingerprint density at radius 1 is 1.20 bits per heavy atom. The van der Waals surface area contributed by atoms with E-state index in [4.69, 9.17) is 11.0 Å². The summed E-state index contributed by atoms with van der Waals surface area (Å²) in [7, 11) is -3.56. The van der Waals surface area contributed by atoms with Crippen molar-refractivity contribution in [2.24, 2.45) is 5.73 Å². The molecular formula is C14H19N3O2S. The van der Waals surface area contributed by atoms with Gasteiger partial charge < -0.3 is 5.73 Å². The van der Waals surface area contributed by atoms with Gasteiger partial charge in [0.05, 0.1) is 16.5 Å². The molecule has 1 saturated carbocycles. The van der Waals surface area contributed by atoms with Crippen molar-refractivity contribution in [1.29, 1.82) is 5.26 Å². The Bertz CT molecular complexity index is 596. The lowest BCUT2D eigenvalue weighted by molar-refractivity contribution is 0.296. The molecule has 0 aromatic heterocycles. The molecule has 3 N–H and O–H groups in total. The van der Waals surface area contributed by atoms with Crippen molar-refractivity contribution in [3.63, 3.8) is 0 Å². The lowest BCUT2D eigenvalue weighted by Crippen LogP contribution is -2.51. The van der Waals surface area contributed by atoms with Crippen molar-refractivity contribution < 1.29 is 8.42 Å². The van der Waals surface area contributed by atoms with Gasteiger partial charge >= 0.3 is 0 Å². The van der Waals surface area contributed by atoms with Crippen LogP contribution in [0.4, 0.5) is 0 Å². The minimum atomic E-state index is -3.56. The molecule has 0 bridgehead atoms. The highest BCUT2D eigenvalue weighted by Crippen LogP contribution is 2.25. The quantitative estimate of drug-likeness (QED) is 0.879. The fourth-order valence-corrected chi connectivity index (χ4v) is 3.60. The molecule has 20 heavy (non-hydrogen) atoms. The lowest BCUT2D eigenvalue weighted by atomic mass is 9.83. The molecule has 6 heteroatoms. The Balaban J connectivity index is 2.05. The van der Waals surface area contributed by atoms with E-state index in [-0.39, 0.29) is 11.4 Å². The number of nitrogens with two attached hydrogens (primary N) is 1. The van der Waals surface area contributed by atoms with Gasteiger partial charge in [-0.15, -0.1) is 0 Å². The second-order valence-electron chi connectivity index (χ2n) is 5.38. The van der Waals surface area contributed by atoms with Crippen LogP contribution in [0.3, 0.4) is 0 Å². The fraction of sp³-hybridized carbons (Fsp3) is 0.500. The van der Waals surface area contributed by atoms with Gasteiger partial charge in [-0.05, 0) is 37.1 Å². The van der Waals surface area contributed by atoms with Crippen LogP contribution in [0, 0.1) is 11.3 Å². The second-order valence-corrected chi connectivity index (χ2v) is 7.15. The second kappa shape index (κ2) is 5.92. The van der Waals surface area contributed by atoms with Crippen LogP contribution in [-0.2, 0) is 10.0 Å². The molecule has 1 aromatic carbocycles. The summed E-state index contributed by atoms with van der Waals surface area (Å²) in [5, 5.41) is 8.71. The molecule has 0 heterocycles. The molecule has 0 radical (unpaired) electrons. The van der Waals surface area contributed by atoms with Crippen LogP contribution < -0.4 is 10.5 Å². The molecule has 1 fully saturated rings. The maximum Gasteiger partial charge on any atom is 0.240 e. The van der Waals surface area contributed by atoms with Crippen LogP contribution in [0.1, 0.15) is 37.7 Å². The third-order valence-electron chi connectivity index (χ3n) is 3.76. The molecule has 0 unspecified atom stereocenters. The highest BCUT2D eigenvalue weighted by atomic mass is 32.2. The largest absolute Gasteiger partial charge is 0.324 e. The van der Waals surface area contributed by atoms with Gasteiger partial charge in [-0.2, -0.15) is 5.26 Å². The van der Waals surface area contributed by atoms with E-state index in [0.29, 0.717) is 5.56 Å². The number of hydrogen-bond donors (Lipinski definition) is 2. The molecule has 1 aliphatic rings. The first kappa shape index (κ1) is 15.0. The fourth-order valence-electron chi connectivity index (χ4n) is 2.46. The number of benzene rings is 1. The predicted octanol–water partition coefficient (Wildman–Crippen LogP) is 1.50. The summed E-state index contributed by atoms with van der Waals surface area (Å²) < 4.78 is 26.9. The van der Waals surface area contributed by atoms with E-state index in [1.807, 2.05) is 6.07 Å². The molecule has 0 atom stereocenters. The number of rotatable bonds is 4.